The summed E-state index contributed by atoms with van der Waals surface area (Å²) in [4.78, 5) is 2.66. The molecule has 2 saturated heterocycles. The molecule has 2 rings (SSSR count). The summed E-state index contributed by atoms with van der Waals surface area (Å²) in [5, 5.41) is 0. The van der Waals surface area contributed by atoms with Gasteiger partial charge >= 0.3 is 0 Å². The van der Waals surface area contributed by atoms with E-state index in [4.69, 9.17) is 0 Å². The number of hydrogen-bond donors (Lipinski definition) is 0. The zero-order chi connectivity index (χ0) is 16.4. The second-order valence-electron chi connectivity index (χ2n) is 7.59. The van der Waals surface area contributed by atoms with E-state index in [1.165, 1.54) is 51.2 Å². The molecule has 0 N–H and O–H groups in total. The summed E-state index contributed by atoms with van der Waals surface area (Å²) < 4.78 is 25.5. The summed E-state index contributed by atoms with van der Waals surface area (Å²) in [7, 11) is -3.03. The maximum absolute atomic E-state index is 11.9. The van der Waals surface area contributed by atoms with E-state index in [1.54, 1.807) is 4.31 Å². The van der Waals surface area contributed by atoms with E-state index >= 15 is 0 Å². The SMILES string of the molecule is CCCCCC(C)(CCCC)N1C[C@@H]2C[C@H]1CN2S(C)(=O)=O. The van der Waals surface area contributed by atoms with Gasteiger partial charge in [0.2, 0.25) is 10.0 Å². The molecule has 2 bridgehead atoms. The lowest BCUT2D eigenvalue weighted by atomic mass is 9.86. The Morgan fingerprint density at radius 1 is 1.00 bits per heavy atom. The lowest BCUT2D eigenvalue weighted by Crippen LogP contribution is -2.56. The molecule has 0 radical (unpaired) electrons. The molecule has 0 aromatic carbocycles. The van der Waals surface area contributed by atoms with Crippen molar-refractivity contribution in [2.24, 2.45) is 0 Å². The number of unbranched alkanes of at least 4 members (excludes halogenated alkanes) is 3. The van der Waals surface area contributed by atoms with Gasteiger partial charge in [-0.25, -0.2) is 8.42 Å². The van der Waals surface area contributed by atoms with Crippen LogP contribution in [0, 0.1) is 0 Å². The van der Waals surface area contributed by atoms with Crippen molar-refractivity contribution in [2.45, 2.75) is 89.8 Å². The third kappa shape index (κ3) is 3.85. The second kappa shape index (κ2) is 7.18. The Morgan fingerprint density at radius 2 is 1.64 bits per heavy atom. The lowest BCUT2D eigenvalue weighted by molar-refractivity contribution is 0.0413. The second-order valence-corrected chi connectivity index (χ2v) is 9.52. The van der Waals surface area contributed by atoms with Gasteiger partial charge in [0.05, 0.1) is 6.26 Å². The van der Waals surface area contributed by atoms with Gasteiger partial charge in [-0.1, -0.05) is 46.0 Å². The summed E-state index contributed by atoms with van der Waals surface area (Å²) in [6, 6.07) is 0.648. The third-order valence-corrected chi connectivity index (χ3v) is 7.00. The number of hydrogen-bond acceptors (Lipinski definition) is 3. The van der Waals surface area contributed by atoms with Gasteiger partial charge in [0.15, 0.2) is 0 Å². The van der Waals surface area contributed by atoms with Gasteiger partial charge in [-0.05, 0) is 26.2 Å². The normalized spacial score (nSPS) is 29.1. The highest BCUT2D eigenvalue weighted by molar-refractivity contribution is 7.88. The summed E-state index contributed by atoms with van der Waals surface area (Å²) in [6.07, 6.45) is 11.3. The maximum Gasteiger partial charge on any atom is 0.211 e. The molecular weight excluding hydrogens is 296 g/mol. The van der Waals surface area contributed by atoms with Crippen LogP contribution in [0.1, 0.15) is 72.1 Å². The number of piperazine rings is 1. The molecule has 3 atom stereocenters. The molecule has 130 valence electrons. The van der Waals surface area contributed by atoms with Crippen LogP contribution in [0.3, 0.4) is 0 Å². The van der Waals surface area contributed by atoms with Crippen LogP contribution in [0.2, 0.25) is 0 Å². The fraction of sp³-hybridized carbons (Fsp3) is 1.00. The molecule has 2 aliphatic heterocycles. The molecule has 0 aromatic rings. The molecule has 0 aromatic heterocycles. The number of likely N-dealkylation sites (tertiary alicyclic amines) is 1. The Morgan fingerprint density at radius 3 is 2.14 bits per heavy atom. The average molecular weight is 331 g/mol. The van der Waals surface area contributed by atoms with E-state index in [1.807, 2.05) is 0 Å². The molecule has 2 heterocycles. The van der Waals surface area contributed by atoms with Gasteiger partial charge in [-0.2, -0.15) is 4.31 Å². The van der Waals surface area contributed by atoms with Crippen LogP contribution in [0.15, 0.2) is 0 Å². The third-order valence-electron chi connectivity index (χ3n) is 5.70. The van der Waals surface area contributed by atoms with E-state index < -0.39 is 10.0 Å². The minimum Gasteiger partial charge on any atom is -0.292 e. The van der Waals surface area contributed by atoms with Crippen LogP contribution in [0.5, 0.6) is 0 Å². The lowest BCUT2D eigenvalue weighted by Gasteiger charge is -2.46. The Balaban J connectivity index is 2.04. The van der Waals surface area contributed by atoms with Gasteiger partial charge in [-0.3, -0.25) is 4.90 Å². The maximum atomic E-state index is 11.9. The van der Waals surface area contributed by atoms with E-state index in [-0.39, 0.29) is 11.6 Å². The highest BCUT2D eigenvalue weighted by Crippen LogP contribution is 2.40. The first kappa shape index (κ1) is 18.2. The van der Waals surface area contributed by atoms with Gasteiger partial charge in [0.25, 0.3) is 0 Å². The topological polar surface area (TPSA) is 40.6 Å². The summed E-state index contributed by atoms with van der Waals surface area (Å²) in [5.41, 5.74) is 0.258. The van der Waals surface area contributed by atoms with Crippen LogP contribution >= 0.6 is 0 Å². The van der Waals surface area contributed by atoms with Gasteiger partial charge in [0, 0.05) is 30.7 Å². The van der Waals surface area contributed by atoms with Crippen LogP contribution in [0.4, 0.5) is 0 Å². The number of nitrogens with zero attached hydrogens (tertiary/aromatic N) is 2. The Kier molecular flexibility index (Phi) is 5.95. The molecule has 22 heavy (non-hydrogen) atoms. The van der Waals surface area contributed by atoms with Gasteiger partial charge in [-0.15, -0.1) is 0 Å². The minimum absolute atomic E-state index is 0.215. The minimum atomic E-state index is -3.03. The Labute approximate surface area is 137 Å². The van der Waals surface area contributed by atoms with Crippen molar-refractivity contribution in [1.29, 1.82) is 0 Å². The van der Waals surface area contributed by atoms with Crippen molar-refractivity contribution < 1.29 is 8.42 Å². The largest absolute Gasteiger partial charge is 0.292 e. The molecule has 0 spiro atoms. The first-order chi connectivity index (χ1) is 10.3. The number of fused-ring (bicyclic) bond motifs is 2. The molecule has 0 amide bonds. The monoisotopic (exact) mass is 330 g/mol. The van der Waals surface area contributed by atoms with E-state index in [9.17, 15) is 8.42 Å². The summed E-state index contributed by atoms with van der Waals surface area (Å²) in [5.74, 6) is 0. The average Bonchev–Trinajstić information content (AvgIpc) is 3.05. The highest BCUT2D eigenvalue weighted by Gasteiger charge is 2.51. The van der Waals surface area contributed by atoms with Crippen molar-refractivity contribution in [3.63, 3.8) is 0 Å². The fourth-order valence-electron chi connectivity index (χ4n) is 4.42. The van der Waals surface area contributed by atoms with Gasteiger partial charge in [0.1, 0.15) is 0 Å². The molecule has 1 unspecified atom stereocenters. The molecule has 2 aliphatic rings. The van der Waals surface area contributed by atoms with Crippen molar-refractivity contribution in [3.05, 3.63) is 0 Å². The molecule has 0 aliphatic carbocycles. The summed E-state index contributed by atoms with van der Waals surface area (Å²) in [6.45, 7) is 8.58. The predicted molar refractivity (Wildman–Crippen MR) is 92.5 cm³/mol. The van der Waals surface area contributed by atoms with E-state index in [2.05, 4.69) is 25.7 Å². The Hall–Kier alpha value is -0.130. The first-order valence-corrected chi connectivity index (χ1v) is 10.9. The Bertz CT molecular complexity index is 465. The van der Waals surface area contributed by atoms with E-state index in [0.29, 0.717) is 12.6 Å². The van der Waals surface area contributed by atoms with Gasteiger partial charge < -0.3 is 0 Å². The first-order valence-electron chi connectivity index (χ1n) is 9.05. The zero-order valence-corrected chi connectivity index (χ0v) is 15.7. The van der Waals surface area contributed by atoms with Crippen molar-refractivity contribution in [3.8, 4) is 0 Å². The standard InChI is InChI=1S/C17H34N2O2S/c1-5-7-9-11-17(3,10-8-6-2)18-13-16-12-15(18)14-19(16)22(4,20)21/h15-16H,5-14H2,1-4H3/t15-,16-,17?/m0/s1. The predicted octanol–water partition coefficient (Wildman–Crippen LogP) is 3.23. The molecular formula is C17H34N2O2S. The molecule has 5 heteroatoms. The van der Waals surface area contributed by atoms with Crippen LogP contribution < -0.4 is 0 Å². The number of rotatable bonds is 9. The van der Waals surface area contributed by atoms with Crippen LogP contribution in [-0.2, 0) is 10.0 Å². The van der Waals surface area contributed by atoms with Crippen molar-refractivity contribution in [2.75, 3.05) is 19.3 Å². The number of sulfonamides is 1. The molecule has 4 nitrogen and oxygen atoms in total. The van der Waals surface area contributed by atoms with Crippen molar-refractivity contribution >= 4 is 10.0 Å². The highest BCUT2D eigenvalue weighted by atomic mass is 32.2. The molecule has 0 saturated carbocycles. The summed E-state index contributed by atoms with van der Waals surface area (Å²) >= 11 is 0. The van der Waals surface area contributed by atoms with Crippen LogP contribution in [-0.4, -0.2) is 54.6 Å². The van der Waals surface area contributed by atoms with Crippen LogP contribution in [0.25, 0.3) is 0 Å². The smallest absolute Gasteiger partial charge is 0.211 e. The quantitative estimate of drug-likeness (QED) is 0.609. The van der Waals surface area contributed by atoms with E-state index in [0.717, 1.165) is 13.0 Å². The molecule has 2 fully saturated rings. The zero-order valence-electron chi connectivity index (χ0n) is 14.8. The van der Waals surface area contributed by atoms with Crippen molar-refractivity contribution in [1.82, 2.24) is 9.21 Å². The fourth-order valence-corrected chi connectivity index (χ4v) is 5.56.